The quantitative estimate of drug-likeness (QED) is 0.0818. The zero-order valence-electron chi connectivity index (χ0n) is 27.4. The Hall–Kier alpha value is -0.160. The molecule has 0 radical (unpaired) electrons. The molecule has 0 bridgehead atoms. The van der Waals surface area contributed by atoms with Gasteiger partial charge in [-0.3, -0.25) is 0 Å². The van der Waals surface area contributed by atoms with Gasteiger partial charge in [-0.05, 0) is 33.4 Å². The molecule has 0 aliphatic carbocycles. The normalized spacial score (nSPS) is 13.4. The van der Waals surface area contributed by atoms with Crippen LogP contribution in [-0.2, 0) is 9.47 Å². The molecule has 39 heavy (non-hydrogen) atoms. The Morgan fingerprint density at radius 3 is 1.23 bits per heavy atom. The molecule has 0 aromatic heterocycles. The van der Waals surface area contributed by atoms with Crippen LogP contribution in [0.1, 0.15) is 174 Å². The van der Waals surface area contributed by atoms with E-state index in [-0.39, 0.29) is 18.8 Å². The largest absolute Gasteiger partial charge is 0.396 e. The molecule has 0 aromatic carbocycles. The van der Waals surface area contributed by atoms with Gasteiger partial charge in [-0.25, -0.2) is 0 Å². The fourth-order valence-corrected chi connectivity index (χ4v) is 5.60. The topological polar surface area (TPSA) is 41.9 Å². The predicted octanol–water partition coefficient (Wildman–Crippen LogP) is 10.1. The summed E-state index contributed by atoms with van der Waals surface area (Å²) in [4.78, 5) is 2.19. The summed E-state index contributed by atoms with van der Waals surface area (Å²) in [6, 6.07) is 0.203. The van der Waals surface area contributed by atoms with E-state index in [1.807, 2.05) is 0 Å². The van der Waals surface area contributed by atoms with Crippen molar-refractivity contribution in [2.45, 2.75) is 187 Å². The molecular formula is C35H73NO3. The summed E-state index contributed by atoms with van der Waals surface area (Å²) in [5.74, 6) is 0. The van der Waals surface area contributed by atoms with Gasteiger partial charge in [0.05, 0.1) is 12.7 Å². The van der Waals surface area contributed by atoms with E-state index >= 15 is 0 Å². The lowest BCUT2D eigenvalue weighted by atomic mass is 10.1. The summed E-state index contributed by atoms with van der Waals surface area (Å²) >= 11 is 0. The van der Waals surface area contributed by atoms with Crippen LogP contribution >= 0.6 is 0 Å². The highest BCUT2D eigenvalue weighted by molar-refractivity contribution is 4.77. The minimum Gasteiger partial charge on any atom is -0.396 e. The van der Waals surface area contributed by atoms with Crippen molar-refractivity contribution in [1.29, 1.82) is 0 Å². The molecule has 0 saturated heterocycles. The summed E-state index contributed by atoms with van der Waals surface area (Å²) in [5.41, 5.74) is 0. The first kappa shape index (κ1) is 38.8. The summed E-state index contributed by atoms with van der Waals surface area (Å²) in [5, 5.41) is 9.59. The van der Waals surface area contributed by atoms with Gasteiger partial charge in [0, 0.05) is 25.9 Å². The third-order valence-corrected chi connectivity index (χ3v) is 8.27. The van der Waals surface area contributed by atoms with E-state index in [0.717, 1.165) is 32.5 Å². The van der Waals surface area contributed by atoms with Gasteiger partial charge in [0.2, 0.25) is 0 Å². The number of hydrogen-bond donors (Lipinski definition) is 1. The van der Waals surface area contributed by atoms with Crippen LogP contribution < -0.4 is 0 Å². The van der Waals surface area contributed by atoms with Gasteiger partial charge in [-0.2, -0.15) is 0 Å². The van der Waals surface area contributed by atoms with Gasteiger partial charge in [0.25, 0.3) is 0 Å². The molecule has 2 unspecified atom stereocenters. The second-order valence-corrected chi connectivity index (χ2v) is 12.3. The number of likely N-dealkylation sites (N-methyl/N-ethyl adjacent to an activating group) is 1. The van der Waals surface area contributed by atoms with Crippen LogP contribution in [-0.4, -0.2) is 62.7 Å². The molecule has 4 nitrogen and oxygen atoms in total. The standard InChI is InChI=1S/C35H73NO3/c1-5-7-9-11-13-15-17-19-21-23-25-27-31-38-33-35(34(29-30-37)36(3)4)39-32-28-26-24-22-20-18-16-14-12-10-8-6-2/h34-35,37H,5-33H2,1-4H3. The van der Waals surface area contributed by atoms with Crippen molar-refractivity contribution < 1.29 is 14.6 Å². The summed E-state index contributed by atoms with van der Waals surface area (Å²) in [7, 11) is 4.18. The monoisotopic (exact) mass is 556 g/mol. The van der Waals surface area contributed by atoms with E-state index in [0.29, 0.717) is 6.61 Å². The van der Waals surface area contributed by atoms with E-state index < -0.39 is 0 Å². The Balaban J connectivity index is 3.86. The summed E-state index contributed by atoms with van der Waals surface area (Å²) in [6.45, 7) is 7.04. The molecule has 0 spiro atoms. The second kappa shape index (κ2) is 32.4. The Morgan fingerprint density at radius 2 is 0.872 bits per heavy atom. The zero-order chi connectivity index (χ0) is 28.7. The average Bonchev–Trinajstić information content (AvgIpc) is 2.93. The van der Waals surface area contributed by atoms with Crippen LogP contribution in [0.25, 0.3) is 0 Å². The van der Waals surface area contributed by atoms with Crippen molar-refractivity contribution in [1.82, 2.24) is 4.90 Å². The fourth-order valence-electron chi connectivity index (χ4n) is 5.60. The van der Waals surface area contributed by atoms with Crippen LogP contribution in [0.5, 0.6) is 0 Å². The Bertz CT molecular complexity index is 446. The molecule has 0 heterocycles. The van der Waals surface area contributed by atoms with E-state index in [4.69, 9.17) is 9.47 Å². The molecule has 236 valence electrons. The maximum Gasteiger partial charge on any atom is 0.0963 e. The minimum absolute atomic E-state index is 0.0391. The average molecular weight is 556 g/mol. The lowest BCUT2D eigenvalue weighted by molar-refractivity contribution is -0.0598. The number of ether oxygens (including phenoxy) is 2. The zero-order valence-corrected chi connectivity index (χ0v) is 27.4. The molecule has 0 saturated carbocycles. The number of hydrogen-bond acceptors (Lipinski definition) is 4. The lowest BCUT2D eigenvalue weighted by Gasteiger charge is -2.32. The number of rotatable bonds is 33. The SMILES string of the molecule is CCCCCCCCCCCCCCOCC(OCCCCCCCCCCCCCC)C(CCO)N(C)C. The Morgan fingerprint density at radius 1 is 0.513 bits per heavy atom. The van der Waals surface area contributed by atoms with Crippen LogP contribution in [0.3, 0.4) is 0 Å². The molecule has 0 aliphatic rings. The minimum atomic E-state index is 0.0391. The number of unbranched alkanes of at least 4 members (excludes halogenated alkanes) is 22. The molecule has 1 N–H and O–H groups in total. The van der Waals surface area contributed by atoms with Gasteiger partial charge >= 0.3 is 0 Å². The van der Waals surface area contributed by atoms with Crippen molar-refractivity contribution in [3.8, 4) is 0 Å². The van der Waals surface area contributed by atoms with Crippen molar-refractivity contribution in [3.63, 3.8) is 0 Å². The van der Waals surface area contributed by atoms with Gasteiger partial charge < -0.3 is 19.5 Å². The maximum atomic E-state index is 9.59. The third kappa shape index (κ3) is 27.8. The van der Waals surface area contributed by atoms with Crippen LogP contribution in [0.15, 0.2) is 0 Å². The summed E-state index contributed by atoms with van der Waals surface area (Å²) in [6.07, 6.45) is 33.5. The van der Waals surface area contributed by atoms with Gasteiger partial charge in [0.1, 0.15) is 0 Å². The van der Waals surface area contributed by atoms with E-state index in [1.165, 1.54) is 141 Å². The van der Waals surface area contributed by atoms with E-state index in [2.05, 4.69) is 32.8 Å². The number of aliphatic hydroxyl groups excluding tert-OH is 1. The van der Waals surface area contributed by atoms with Gasteiger partial charge in [-0.1, -0.05) is 155 Å². The van der Waals surface area contributed by atoms with Crippen molar-refractivity contribution in [2.75, 3.05) is 40.5 Å². The lowest BCUT2D eigenvalue weighted by Crippen LogP contribution is -2.44. The van der Waals surface area contributed by atoms with Gasteiger partial charge in [-0.15, -0.1) is 0 Å². The molecule has 0 rings (SSSR count). The highest BCUT2D eigenvalue weighted by Gasteiger charge is 2.24. The van der Waals surface area contributed by atoms with Crippen LogP contribution in [0, 0.1) is 0 Å². The van der Waals surface area contributed by atoms with Crippen molar-refractivity contribution in [3.05, 3.63) is 0 Å². The Labute approximate surface area is 246 Å². The molecule has 0 amide bonds. The molecule has 2 atom stereocenters. The predicted molar refractivity (Wildman–Crippen MR) is 172 cm³/mol. The first-order valence-electron chi connectivity index (χ1n) is 17.6. The molecule has 4 heteroatoms. The number of nitrogens with zero attached hydrogens (tertiary/aromatic N) is 1. The van der Waals surface area contributed by atoms with Crippen LogP contribution in [0.2, 0.25) is 0 Å². The highest BCUT2D eigenvalue weighted by Crippen LogP contribution is 2.15. The van der Waals surface area contributed by atoms with E-state index in [1.54, 1.807) is 0 Å². The van der Waals surface area contributed by atoms with Crippen molar-refractivity contribution >= 4 is 0 Å². The second-order valence-electron chi connectivity index (χ2n) is 12.3. The fraction of sp³-hybridized carbons (Fsp3) is 1.00. The van der Waals surface area contributed by atoms with Crippen LogP contribution in [0.4, 0.5) is 0 Å². The highest BCUT2D eigenvalue weighted by atomic mass is 16.5. The summed E-state index contributed by atoms with van der Waals surface area (Å²) < 4.78 is 12.4. The third-order valence-electron chi connectivity index (χ3n) is 8.27. The first-order valence-corrected chi connectivity index (χ1v) is 17.6. The van der Waals surface area contributed by atoms with Crippen molar-refractivity contribution in [2.24, 2.45) is 0 Å². The smallest absolute Gasteiger partial charge is 0.0963 e. The molecule has 0 aromatic rings. The first-order chi connectivity index (χ1) is 19.2. The number of aliphatic hydroxyl groups is 1. The molecular weight excluding hydrogens is 482 g/mol. The molecule has 0 fully saturated rings. The Kier molecular flexibility index (Phi) is 32.2. The molecule has 0 aliphatic heterocycles. The van der Waals surface area contributed by atoms with E-state index in [9.17, 15) is 5.11 Å². The van der Waals surface area contributed by atoms with Gasteiger partial charge in [0.15, 0.2) is 0 Å². The maximum absolute atomic E-state index is 9.59.